The van der Waals surface area contributed by atoms with Crippen molar-refractivity contribution in [3.63, 3.8) is 0 Å². The van der Waals surface area contributed by atoms with Crippen molar-refractivity contribution in [3.05, 3.63) is 83.5 Å². The number of rotatable bonds is 6. The molecule has 1 aromatic heterocycles. The van der Waals surface area contributed by atoms with Crippen LogP contribution >= 0.6 is 11.3 Å². The van der Waals surface area contributed by atoms with Crippen LogP contribution in [-0.2, 0) is 10.0 Å². The van der Waals surface area contributed by atoms with Crippen LogP contribution in [0.5, 0.6) is 11.5 Å². The number of hydrogen-bond donors (Lipinski definition) is 2. The summed E-state index contributed by atoms with van der Waals surface area (Å²) in [5, 5.41) is 4.85. The first-order chi connectivity index (χ1) is 16.9. The van der Waals surface area contributed by atoms with Crippen molar-refractivity contribution < 1.29 is 27.1 Å². The highest BCUT2D eigenvalue weighted by Crippen LogP contribution is 2.35. The number of carbonyl (C=O) groups is 1. The van der Waals surface area contributed by atoms with Crippen molar-refractivity contribution in [2.75, 3.05) is 23.3 Å². The number of amides is 1. The fourth-order valence-corrected chi connectivity index (χ4v) is 5.21. The predicted molar refractivity (Wildman–Crippen MR) is 130 cm³/mol. The van der Waals surface area contributed by atoms with Gasteiger partial charge in [0.25, 0.3) is 15.9 Å². The summed E-state index contributed by atoms with van der Waals surface area (Å²) in [4.78, 5) is 17.3. The number of aromatic nitrogens is 1. The number of anilines is 2. The SMILES string of the molecule is O=C(Nc1nc(-c2ccc3c(c2)OCCO3)cs1)c1ccccc1NS(=O)(=O)c1ccc(F)cc1. The van der Waals surface area contributed by atoms with E-state index >= 15 is 0 Å². The van der Waals surface area contributed by atoms with E-state index in [9.17, 15) is 17.6 Å². The normalized spacial score (nSPS) is 12.7. The van der Waals surface area contributed by atoms with Gasteiger partial charge >= 0.3 is 0 Å². The third-order valence-corrected chi connectivity index (χ3v) is 7.24. The highest BCUT2D eigenvalue weighted by molar-refractivity contribution is 7.92. The molecular weight excluding hydrogens is 493 g/mol. The molecule has 0 atom stereocenters. The molecule has 8 nitrogen and oxygen atoms in total. The van der Waals surface area contributed by atoms with E-state index in [1.807, 2.05) is 18.2 Å². The van der Waals surface area contributed by atoms with Gasteiger partial charge in [0.1, 0.15) is 19.0 Å². The van der Waals surface area contributed by atoms with E-state index in [0.29, 0.717) is 35.5 Å². The summed E-state index contributed by atoms with van der Waals surface area (Å²) in [5.41, 5.74) is 1.64. The molecule has 4 aromatic rings. The Bertz CT molecular complexity index is 1500. The molecule has 0 spiro atoms. The number of thiazole rings is 1. The Hall–Kier alpha value is -3.96. The van der Waals surface area contributed by atoms with Gasteiger partial charge in [-0.3, -0.25) is 14.8 Å². The number of halogens is 1. The zero-order chi connectivity index (χ0) is 24.4. The van der Waals surface area contributed by atoms with Crippen LogP contribution < -0.4 is 19.5 Å². The molecule has 3 aromatic carbocycles. The van der Waals surface area contributed by atoms with Gasteiger partial charge in [-0.1, -0.05) is 12.1 Å². The van der Waals surface area contributed by atoms with Gasteiger partial charge in [-0.2, -0.15) is 0 Å². The number of nitrogens with one attached hydrogen (secondary N) is 2. The first-order valence-electron chi connectivity index (χ1n) is 10.4. The average Bonchev–Trinajstić information content (AvgIpc) is 3.32. The van der Waals surface area contributed by atoms with Crippen LogP contribution in [0.4, 0.5) is 15.2 Å². The van der Waals surface area contributed by atoms with Crippen LogP contribution in [0, 0.1) is 5.82 Å². The lowest BCUT2D eigenvalue weighted by Crippen LogP contribution is -2.18. The van der Waals surface area contributed by atoms with Crippen LogP contribution in [-0.4, -0.2) is 32.5 Å². The molecule has 1 aliphatic heterocycles. The maximum atomic E-state index is 13.2. The highest BCUT2D eigenvalue weighted by atomic mass is 32.2. The Labute approximate surface area is 204 Å². The second-order valence-corrected chi connectivity index (χ2v) is 10.00. The number of para-hydroxylation sites is 1. The molecule has 0 saturated carbocycles. The van der Waals surface area contributed by atoms with Crippen LogP contribution in [0.1, 0.15) is 10.4 Å². The number of nitrogens with zero attached hydrogens (tertiary/aromatic N) is 1. The van der Waals surface area contributed by atoms with E-state index in [2.05, 4.69) is 15.0 Å². The highest BCUT2D eigenvalue weighted by Gasteiger charge is 2.20. The first-order valence-corrected chi connectivity index (χ1v) is 12.8. The molecule has 1 amide bonds. The summed E-state index contributed by atoms with van der Waals surface area (Å²) in [6.07, 6.45) is 0. The maximum absolute atomic E-state index is 13.2. The van der Waals surface area contributed by atoms with Gasteiger partial charge in [0, 0.05) is 10.9 Å². The molecule has 0 radical (unpaired) electrons. The fraction of sp³-hybridized carbons (Fsp3) is 0.0833. The molecule has 0 aliphatic carbocycles. The van der Waals surface area contributed by atoms with Gasteiger partial charge in [-0.15, -0.1) is 11.3 Å². The van der Waals surface area contributed by atoms with E-state index in [0.717, 1.165) is 29.8 Å². The van der Waals surface area contributed by atoms with Gasteiger partial charge in [0.15, 0.2) is 16.6 Å². The molecular formula is C24H18FN3O5S2. The number of sulfonamides is 1. The molecule has 2 N–H and O–H groups in total. The summed E-state index contributed by atoms with van der Waals surface area (Å²) >= 11 is 1.23. The zero-order valence-corrected chi connectivity index (χ0v) is 19.7. The van der Waals surface area contributed by atoms with Crippen LogP contribution in [0.3, 0.4) is 0 Å². The Morgan fingerprint density at radius 1 is 0.971 bits per heavy atom. The van der Waals surface area contributed by atoms with Crippen molar-refractivity contribution in [1.82, 2.24) is 4.98 Å². The number of ether oxygens (including phenoxy) is 2. The van der Waals surface area contributed by atoms with Gasteiger partial charge < -0.3 is 9.47 Å². The van der Waals surface area contributed by atoms with Gasteiger partial charge in [-0.25, -0.2) is 17.8 Å². The minimum atomic E-state index is -4.03. The predicted octanol–water partition coefficient (Wildman–Crippen LogP) is 4.77. The lowest BCUT2D eigenvalue weighted by atomic mass is 10.1. The van der Waals surface area contributed by atoms with Gasteiger partial charge in [0.2, 0.25) is 0 Å². The minimum Gasteiger partial charge on any atom is -0.486 e. The average molecular weight is 512 g/mol. The lowest BCUT2D eigenvalue weighted by Gasteiger charge is -2.18. The topological polar surface area (TPSA) is 107 Å². The summed E-state index contributed by atoms with van der Waals surface area (Å²) in [6.45, 7) is 0.972. The molecule has 1 aliphatic rings. The summed E-state index contributed by atoms with van der Waals surface area (Å²) in [5.74, 6) is 0.214. The van der Waals surface area contributed by atoms with Crippen LogP contribution in [0.25, 0.3) is 11.3 Å². The third-order valence-electron chi connectivity index (χ3n) is 5.10. The number of fused-ring (bicyclic) bond motifs is 1. The summed E-state index contributed by atoms with van der Waals surface area (Å²) < 4.78 is 52.1. The van der Waals surface area contributed by atoms with Crippen molar-refractivity contribution >= 4 is 38.1 Å². The lowest BCUT2D eigenvalue weighted by molar-refractivity contribution is 0.102. The Morgan fingerprint density at radius 2 is 1.71 bits per heavy atom. The van der Waals surface area contributed by atoms with Crippen LogP contribution in [0.15, 0.2) is 77.0 Å². The van der Waals surface area contributed by atoms with Crippen molar-refractivity contribution in [1.29, 1.82) is 0 Å². The van der Waals surface area contributed by atoms with E-state index < -0.39 is 21.7 Å². The van der Waals surface area contributed by atoms with Gasteiger partial charge in [0.05, 0.1) is 21.8 Å². The fourth-order valence-electron chi connectivity index (χ4n) is 3.42. The molecule has 0 saturated heterocycles. The van der Waals surface area contributed by atoms with Crippen molar-refractivity contribution in [2.45, 2.75) is 4.90 Å². The monoisotopic (exact) mass is 511 g/mol. The quantitative estimate of drug-likeness (QED) is 0.386. The van der Waals surface area contributed by atoms with E-state index in [-0.39, 0.29) is 16.1 Å². The second-order valence-electron chi connectivity index (χ2n) is 7.46. The molecule has 35 heavy (non-hydrogen) atoms. The molecule has 2 heterocycles. The zero-order valence-electron chi connectivity index (χ0n) is 18.0. The number of benzene rings is 3. The largest absolute Gasteiger partial charge is 0.486 e. The van der Waals surface area contributed by atoms with Crippen LogP contribution in [0.2, 0.25) is 0 Å². The minimum absolute atomic E-state index is 0.0814. The maximum Gasteiger partial charge on any atom is 0.261 e. The molecule has 11 heteroatoms. The first kappa shape index (κ1) is 22.8. The van der Waals surface area contributed by atoms with E-state index in [1.54, 1.807) is 17.5 Å². The van der Waals surface area contributed by atoms with Crippen molar-refractivity contribution in [2.24, 2.45) is 0 Å². The smallest absolute Gasteiger partial charge is 0.261 e. The molecule has 0 bridgehead atoms. The van der Waals surface area contributed by atoms with Gasteiger partial charge in [-0.05, 0) is 54.6 Å². The molecule has 0 unspecified atom stereocenters. The van der Waals surface area contributed by atoms with E-state index in [4.69, 9.17) is 9.47 Å². The Balaban J connectivity index is 1.34. The molecule has 178 valence electrons. The summed E-state index contributed by atoms with van der Waals surface area (Å²) in [7, 11) is -4.03. The number of carbonyl (C=O) groups excluding carboxylic acids is 1. The van der Waals surface area contributed by atoms with Crippen molar-refractivity contribution in [3.8, 4) is 22.8 Å². The molecule has 5 rings (SSSR count). The molecule has 0 fully saturated rings. The Morgan fingerprint density at radius 3 is 2.51 bits per heavy atom. The third kappa shape index (κ3) is 4.96. The Kier molecular flexibility index (Phi) is 6.10. The standard InChI is InChI=1S/C24H18FN3O5S2/c25-16-6-8-17(9-7-16)35(30,31)28-19-4-2-1-3-18(19)23(29)27-24-26-20(14-34-24)15-5-10-21-22(13-15)33-12-11-32-21/h1-10,13-14,28H,11-12H2,(H,26,27,29). The van der Waals surface area contributed by atoms with E-state index in [1.165, 1.54) is 23.5 Å². The second kappa shape index (κ2) is 9.35. The number of hydrogen-bond acceptors (Lipinski definition) is 7. The summed E-state index contributed by atoms with van der Waals surface area (Å²) in [6, 6.07) is 16.1.